The van der Waals surface area contributed by atoms with E-state index in [0.29, 0.717) is 62.1 Å². The molecule has 38 heavy (non-hydrogen) atoms. The van der Waals surface area contributed by atoms with Crippen LogP contribution in [-0.2, 0) is 20.8 Å². The highest BCUT2D eigenvalue weighted by Gasteiger charge is 2.35. The molecule has 0 amide bonds. The number of unbranched alkanes of at least 4 members (excludes halogenated alkanes) is 1. The zero-order valence-corrected chi connectivity index (χ0v) is 23.8. The molecule has 0 spiro atoms. The van der Waals surface area contributed by atoms with Crippen molar-refractivity contribution in [3.63, 3.8) is 0 Å². The highest BCUT2D eigenvalue weighted by molar-refractivity contribution is 6.42. The summed E-state index contributed by atoms with van der Waals surface area (Å²) in [7, 11) is -1.34. The molecule has 2 fully saturated rings. The first-order chi connectivity index (χ1) is 18.2. The second kappa shape index (κ2) is 16.4. The van der Waals surface area contributed by atoms with Crippen molar-refractivity contribution in [2.24, 2.45) is 5.73 Å². The van der Waals surface area contributed by atoms with Crippen LogP contribution in [0.15, 0.2) is 18.2 Å². The van der Waals surface area contributed by atoms with Crippen molar-refractivity contribution in [3.05, 3.63) is 33.8 Å². The fourth-order valence-corrected chi connectivity index (χ4v) is 5.34. The second-order valence-electron chi connectivity index (χ2n) is 10.4. The van der Waals surface area contributed by atoms with E-state index in [1.54, 1.807) is 0 Å². The molecule has 2 aliphatic heterocycles. The van der Waals surface area contributed by atoms with Crippen LogP contribution in [0.3, 0.4) is 0 Å². The van der Waals surface area contributed by atoms with Gasteiger partial charge in [0.1, 0.15) is 12.1 Å². The number of benzene rings is 1. The van der Waals surface area contributed by atoms with E-state index in [-0.39, 0.29) is 12.3 Å². The average molecular weight is 573 g/mol. The van der Waals surface area contributed by atoms with Crippen LogP contribution < -0.4 is 5.73 Å². The van der Waals surface area contributed by atoms with E-state index < -0.39 is 12.7 Å². The summed E-state index contributed by atoms with van der Waals surface area (Å²) in [6, 6.07) is 5.79. The van der Waals surface area contributed by atoms with E-state index in [9.17, 15) is 4.79 Å². The predicted octanol–water partition coefficient (Wildman–Crippen LogP) is 2.11. The molecule has 12 heteroatoms. The Morgan fingerprint density at radius 3 is 2.29 bits per heavy atom. The van der Waals surface area contributed by atoms with Gasteiger partial charge in [0.25, 0.3) is 0 Å². The first-order valence-corrected chi connectivity index (χ1v) is 14.5. The van der Waals surface area contributed by atoms with Crippen LogP contribution in [-0.4, -0.2) is 116 Å². The number of hydrogen-bond donors (Lipinski definition) is 3. The van der Waals surface area contributed by atoms with E-state index in [4.69, 9.17) is 48.5 Å². The fourth-order valence-electron chi connectivity index (χ4n) is 5.02. The summed E-state index contributed by atoms with van der Waals surface area (Å²) in [6.07, 6.45) is 3.31. The van der Waals surface area contributed by atoms with E-state index >= 15 is 0 Å². The Bertz CT molecular complexity index is 857. The molecule has 2 heterocycles. The van der Waals surface area contributed by atoms with Crippen molar-refractivity contribution in [1.82, 2.24) is 14.7 Å². The van der Waals surface area contributed by atoms with E-state index in [1.165, 1.54) is 0 Å². The van der Waals surface area contributed by atoms with Crippen LogP contribution in [0.5, 0.6) is 0 Å². The molecule has 4 N–H and O–H groups in total. The Balaban J connectivity index is 1.41. The monoisotopic (exact) mass is 572 g/mol. The molecule has 0 saturated carbocycles. The van der Waals surface area contributed by atoms with Gasteiger partial charge in [0.05, 0.1) is 23.3 Å². The Labute approximate surface area is 237 Å². The van der Waals surface area contributed by atoms with Gasteiger partial charge >= 0.3 is 13.1 Å². The Hall–Kier alpha value is -0.945. The summed E-state index contributed by atoms with van der Waals surface area (Å²) in [5, 5.41) is 19.4. The number of morpholine rings is 1. The Morgan fingerprint density at radius 1 is 0.947 bits per heavy atom. The molecular weight excluding hydrogens is 530 g/mol. The van der Waals surface area contributed by atoms with E-state index in [2.05, 4.69) is 14.7 Å². The van der Waals surface area contributed by atoms with Crippen molar-refractivity contribution in [2.45, 2.75) is 50.5 Å². The molecule has 214 valence electrons. The van der Waals surface area contributed by atoms with Crippen LogP contribution in [0.2, 0.25) is 16.4 Å². The fraction of sp³-hybridized carbons (Fsp3) is 0.731. The Kier molecular flexibility index (Phi) is 13.6. The number of esters is 1. The minimum absolute atomic E-state index is 0.272. The molecule has 9 nitrogen and oxygen atoms in total. The minimum atomic E-state index is -1.34. The smallest absolute Gasteiger partial charge is 0.451 e. The lowest BCUT2D eigenvalue weighted by atomic mass is 9.81. The van der Waals surface area contributed by atoms with Gasteiger partial charge in [0, 0.05) is 52.4 Å². The topological polar surface area (TPSA) is 112 Å². The number of piperazine rings is 1. The molecule has 3 rings (SSSR count). The van der Waals surface area contributed by atoms with Gasteiger partial charge in [-0.25, -0.2) is 0 Å². The molecule has 0 aliphatic carbocycles. The summed E-state index contributed by atoms with van der Waals surface area (Å²) < 4.78 is 11.0. The normalized spacial score (nSPS) is 19.3. The third kappa shape index (κ3) is 10.9. The number of carbonyl (C=O) groups excluding carboxylic acids is 1. The number of nitrogens with zero attached hydrogens (tertiary/aromatic N) is 3. The molecule has 1 aromatic carbocycles. The molecule has 0 aromatic heterocycles. The summed E-state index contributed by atoms with van der Waals surface area (Å²) in [4.78, 5) is 20.1. The standard InChI is InChI=1S/C26H43BCl2N4O5/c28-23-5-4-22(20-24(23)29)21-33-12-10-31(11-13-33)9-3-7-26(30,6-1-2-8-27(35)36)25(34)38-19-16-32-14-17-37-18-15-32/h4-5,20,35-36H,1-3,6-19,21,30H2. The number of hydrogen-bond acceptors (Lipinski definition) is 9. The van der Waals surface area contributed by atoms with Gasteiger partial charge in [-0.05, 0) is 49.8 Å². The summed E-state index contributed by atoms with van der Waals surface area (Å²) in [5.41, 5.74) is 6.73. The van der Waals surface area contributed by atoms with Gasteiger partial charge in [0.15, 0.2) is 0 Å². The largest absolute Gasteiger partial charge is 0.463 e. The summed E-state index contributed by atoms with van der Waals surface area (Å²) in [5.74, 6) is -0.359. The van der Waals surface area contributed by atoms with Gasteiger partial charge < -0.3 is 30.2 Å². The zero-order valence-electron chi connectivity index (χ0n) is 22.3. The lowest BCUT2D eigenvalue weighted by molar-refractivity contribution is -0.151. The van der Waals surface area contributed by atoms with Crippen molar-refractivity contribution >= 4 is 36.3 Å². The Morgan fingerprint density at radius 2 is 1.61 bits per heavy atom. The number of nitrogens with two attached hydrogens (primary N) is 1. The van der Waals surface area contributed by atoms with Crippen LogP contribution >= 0.6 is 23.2 Å². The van der Waals surface area contributed by atoms with Gasteiger partial charge in [-0.15, -0.1) is 0 Å². The average Bonchev–Trinajstić information content (AvgIpc) is 2.90. The number of rotatable bonds is 15. The first kappa shape index (κ1) is 31.6. The van der Waals surface area contributed by atoms with Crippen molar-refractivity contribution in [2.75, 3.05) is 72.2 Å². The number of carbonyl (C=O) groups is 1. The second-order valence-corrected chi connectivity index (χ2v) is 11.3. The molecule has 0 bridgehead atoms. The SMILES string of the molecule is NC(CCCCB(O)O)(CCCN1CCN(Cc2ccc(Cl)c(Cl)c2)CC1)C(=O)OCCN1CCOCC1. The predicted molar refractivity (Wildman–Crippen MR) is 151 cm³/mol. The highest BCUT2D eigenvalue weighted by Crippen LogP contribution is 2.24. The maximum absolute atomic E-state index is 13.1. The molecule has 2 aliphatic rings. The summed E-state index contributed by atoms with van der Waals surface area (Å²) in [6.45, 7) is 9.62. The maximum atomic E-state index is 13.1. The quantitative estimate of drug-likeness (QED) is 0.165. The van der Waals surface area contributed by atoms with Gasteiger partial charge in [-0.1, -0.05) is 42.1 Å². The molecule has 1 atom stereocenters. The highest BCUT2D eigenvalue weighted by atomic mass is 35.5. The summed E-state index contributed by atoms with van der Waals surface area (Å²) >= 11 is 12.2. The van der Waals surface area contributed by atoms with Crippen LogP contribution in [0.1, 0.15) is 37.7 Å². The van der Waals surface area contributed by atoms with Crippen LogP contribution in [0.4, 0.5) is 0 Å². The van der Waals surface area contributed by atoms with Crippen molar-refractivity contribution in [3.8, 4) is 0 Å². The third-order valence-corrected chi connectivity index (χ3v) is 8.18. The molecular formula is C26H43BCl2N4O5. The lowest BCUT2D eigenvalue weighted by Crippen LogP contribution is -2.51. The maximum Gasteiger partial charge on any atom is 0.451 e. The van der Waals surface area contributed by atoms with Crippen molar-refractivity contribution < 1.29 is 24.3 Å². The molecule has 1 aromatic rings. The van der Waals surface area contributed by atoms with Gasteiger partial charge in [-0.2, -0.15) is 0 Å². The number of ether oxygens (including phenoxy) is 2. The lowest BCUT2D eigenvalue weighted by Gasteiger charge is -2.35. The number of halogens is 2. The molecule has 1 unspecified atom stereocenters. The van der Waals surface area contributed by atoms with Crippen LogP contribution in [0, 0.1) is 0 Å². The molecule has 0 radical (unpaired) electrons. The van der Waals surface area contributed by atoms with Crippen molar-refractivity contribution in [1.29, 1.82) is 0 Å². The first-order valence-electron chi connectivity index (χ1n) is 13.8. The van der Waals surface area contributed by atoms with E-state index in [0.717, 1.165) is 64.3 Å². The molecule has 2 saturated heterocycles. The minimum Gasteiger partial charge on any atom is -0.463 e. The van der Waals surface area contributed by atoms with Gasteiger partial charge in [0.2, 0.25) is 0 Å². The third-order valence-electron chi connectivity index (χ3n) is 7.44. The zero-order chi connectivity index (χ0) is 27.4. The van der Waals surface area contributed by atoms with E-state index in [1.807, 2.05) is 18.2 Å². The van der Waals surface area contributed by atoms with Crippen LogP contribution in [0.25, 0.3) is 0 Å². The van der Waals surface area contributed by atoms with Gasteiger partial charge in [-0.3, -0.25) is 14.6 Å².